The van der Waals surface area contributed by atoms with Crippen LogP contribution in [-0.2, 0) is 4.79 Å². The summed E-state index contributed by atoms with van der Waals surface area (Å²) in [6, 6.07) is 4.11. The molecular formula is C14H20ClFN2O. The van der Waals surface area contributed by atoms with Gasteiger partial charge >= 0.3 is 0 Å². The number of amides is 1. The molecule has 0 spiro atoms. The second-order valence-corrected chi connectivity index (χ2v) is 5.60. The molecule has 3 nitrogen and oxygen atoms in total. The molecule has 5 heteroatoms. The second-order valence-electron chi connectivity index (χ2n) is 5.19. The van der Waals surface area contributed by atoms with Gasteiger partial charge in [-0.3, -0.25) is 4.79 Å². The lowest BCUT2D eigenvalue weighted by Crippen LogP contribution is -2.48. The quantitative estimate of drug-likeness (QED) is 0.868. The first-order valence-electron chi connectivity index (χ1n) is 6.29. The molecule has 1 rings (SSSR count). The molecule has 0 heterocycles. The number of halogens is 2. The third-order valence-corrected chi connectivity index (χ3v) is 3.35. The monoisotopic (exact) mass is 286 g/mol. The maximum atomic E-state index is 13.7. The number of carbonyl (C=O) groups is 1. The van der Waals surface area contributed by atoms with E-state index in [0.717, 1.165) is 6.42 Å². The van der Waals surface area contributed by atoms with Crippen LogP contribution in [-0.4, -0.2) is 17.5 Å². The first-order chi connectivity index (χ1) is 8.76. The molecule has 0 aliphatic carbocycles. The molecule has 2 N–H and O–H groups in total. The molecule has 1 aromatic rings. The molecule has 0 saturated carbocycles. The van der Waals surface area contributed by atoms with Gasteiger partial charge in [0.2, 0.25) is 5.91 Å². The van der Waals surface area contributed by atoms with Crippen molar-refractivity contribution < 1.29 is 9.18 Å². The number of anilines is 1. The first kappa shape index (κ1) is 15.8. The van der Waals surface area contributed by atoms with E-state index in [-0.39, 0.29) is 22.2 Å². The van der Waals surface area contributed by atoms with E-state index in [4.69, 9.17) is 11.6 Å². The van der Waals surface area contributed by atoms with Crippen molar-refractivity contribution >= 4 is 23.2 Å². The van der Waals surface area contributed by atoms with E-state index < -0.39 is 11.9 Å². The van der Waals surface area contributed by atoms with Crippen LogP contribution >= 0.6 is 11.6 Å². The Balaban J connectivity index is 2.72. The predicted molar refractivity (Wildman–Crippen MR) is 77.0 cm³/mol. The Hall–Kier alpha value is -1.29. The molecule has 1 unspecified atom stereocenters. The minimum absolute atomic E-state index is 0.0338. The van der Waals surface area contributed by atoms with Crippen LogP contribution < -0.4 is 10.6 Å². The lowest BCUT2D eigenvalue weighted by Gasteiger charge is -2.27. The molecule has 19 heavy (non-hydrogen) atoms. The van der Waals surface area contributed by atoms with Crippen molar-refractivity contribution in [3.8, 4) is 0 Å². The summed E-state index contributed by atoms with van der Waals surface area (Å²) in [5, 5.41) is 5.76. The van der Waals surface area contributed by atoms with Crippen LogP contribution in [0.1, 0.15) is 34.1 Å². The second kappa shape index (κ2) is 6.24. The van der Waals surface area contributed by atoms with Crippen LogP contribution in [0.3, 0.4) is 0 Å². The molecule has 106 valence electrons. The highest BCUT2D eigenvalue weighted by molar-refractivity contribution is 6.31. The van der Waals surface area contributed by atoms with Crippen LogP contribution in [0.15, 0.2) is 18.2 Å². The SMILES string of the molecule is CCC(C)(C)NC(=O)C(C)Nc1cccc(Cl)c1F. The third kappa shape index (κ3) is 4.39. The minimum Gasteiger partial charge on any atom is -0.371 e. The van der Waals surface area contributed by atoms with Gasteiger partial charge in [0.05, 0.1) is 10.7 Å². The van der Waals surface area contributed by atoms with Crippen LogP contribution in [0.25, 0.3) is 0 Å². The molecule has 1 amide bonds. The van der Waals surface area contributed by atoms with Gasteiger partial charge in [-0.1, -0.05) is 24.6 Å². The van der Waals surface area contributed by atoms with Gasteiger partial charge in [-0.05, 0) is 39.3 Å². The molecule has 0 aliphatic rings. The number of rotatable bonds is 5. The highest BCUT2D eigenvalue weighted by atomic mass is 35.5. The number of hydrogen-bond donors (Lipinski definition) is 2. The smallest absolute Gasteiger partial charge is 0.242 e. The fourth-order valence-electron chi connectivity index (χ4n) is 1.44. The zero-order valence-electron chi connectivity index (χ0n) is 11.7. The largest absolute Gasteiger partial charge is 0.371 e. The molecule has 0 radical (unpaired) electrons. The van der Waals surface area contributed by atoms with Gasteiger partial charge in [0.15, 0.2) is 5.82 Å². The zero-order valence-corrected chi connectivity index (χ0v) is 12.4. The van der Waals surface area contributed by atoms with Gasteiger partial charge in [0, 0.05) is 5.54 Å². The fraction of sp³-hybridized carbons (Fsp3) is 0.500. The summed E-state index contributed by atoms with van der Waals surface area (Å²) < 4.78 is 13.7. The Kier molecular flexibility index (Phi) is 5.18. The van der Waals surface area contributed by atoms with Crippen molar-refractivity contribution in [2.45, 2.75) is 45.7 Å². The lowest BCUT2D eigenvalue weighted by molar-refractivity contribution is -0.123. The van der Waals surface area contributed by atoms with Crippen molar-refractivity contribution in [1.82, 2.24) is 5.32 Å². The van der Waals surface area contributed by atoms with Gasteiger partial charge in [-0.25, -0.2) is 4.39 Å². The fourth-order valence-corrected chi connectivity index (χ4v) is 1.62. The Morgan fingerprint density at radius 2 is 2.11 bits per heavy atom. The molecule has 1 aromatic carbocycles. The molecule has 1 atom stereocenters. The summed E-state index contributed by atoms with van der Waals surface area (Å²) in [5.41, 5.74) is -0.0515. The van der Waals surface area contributed by atoms with Crippen LogP contribution in [0.5, 0.6) is 0 Å². The highest BCUT2D eigenvalue weighted by Crippen LogP contribution is 2.22. The summed E-state index contributed by atoms with van der Waals surface area (Å²) in [6.07, 6.45) is 0.816. The van der Waals surface area contributed by atoms with Crippen molar-refractivity contribution in [3.63, 3.8) is 0 Å². The molecule has 0 saturated heterocycles. The maximum Gasteiger partial charge on any atom is 0.242 e. The number of nitrogens with one attached hydrogen (secondary N) is 2. The van der Waals surface area contributed by atoms with E-state index in [1.54, 1.807) is 19.1 Å². The summed E-state index contributed by atoms with van der Waals surface area (Å²) in [4.78, 5) is 12.0. The normalized spacial score (nSPS) is 12.9. The van der Waals surface area contributed by atoms with Crippen LogP contribution in [0.2, 0.25) is 5.02 Å². The third-order valence-electron chi connectivity index (χ3n) is 3.06. The van der Waals surface area contributed by atoms with Gasteiger partial charge in [-0.2, -0.15) is 0 Å². The van der Waals surface area contributed by atoms with Gasteiger partial charge in [0.25, 0.3) is 0 Å². The highest BCUT2D eigenvalue weighted by Gasteiger charge is 2.22. The van der Waals surface area contributed by atoms with E-state index >= 15 is 0 Å². The number of hydrogen-bond acceptors (Lipinski definition) is 2. The molecule has 0 bridgehead atoms. The van der Waals surface area contributed by atoms with Crippen LogP contribution in [0.4, 0.5) is 10.1 Å². The predicted octanol–water partition coefficient (Wildman–Crippen LogP) is 3.58. The number of benzene rings is 1. The Labute approximate surface area is 118 Å². The van der Waals surface area contributed by atoms with Crippen molar-refractivity contribution in [1.29, 1.82) is 0 Å². The van der Waals surface area contributed by atoms with E-state index in [1.165, 1.54) is 6.07 Å². The van der Waals surface area contributed by atoms with Gasteiger partial charge in [0.1, 0.15) is 6.04 Å². The zero-order chi connectivity index (χ0) is 14.6. The summed E-state index contributed by atoms with van der Waals surface area (Å²) in [5.74, 6) is -0.718. The first-order valence-corrected chi connectivity index (χ1v) is 6.67. The van der Waals surface area contributed by atoms with Crippen molar-refractivity contribution in [2.75, 3.05) is 5.32 Å². The standard InChI is InChI=1S/C14H20ClFN2O/c1-5-14(3,4)18-13(19)9(2)17-11-8-6-7-10(15)12(11)16/h6-9,17H,5H2,1-4H3,(H,18,19). The Morgan fingerprint density at radius 3 is 2.68 bits per heavy atom. The average molecular weight is 287 g/mol. The summed E-state index contributed by atoms with van der Waals surface area (Å²) >= 11 is 5.69. The summed E-state index contributed by atoms with van der Waals surface area (Å²) in [6.45, 7) is 7.56. The van der Waals surface area contributed by atoms with Crippen molar-refractivity contribution in [3.05, 3.63) is 29.0 Å². The molecule has 0 aliphatic heterocycles. The lowest BCUT2D eigenvalue weighted by atomic mass is 10.0. The van der Waals surface area contributed by atoms with E-state index in [1.807, 2.05) is 20.8 Å². The van der Waals surface area contributed by atoms with Gasteiger partial charge in [-0.15, -0.1) is 0 Å². The topological polar surface area (TPSA) is 41.1 Å². The molecular weight excluding hydrogens is 267 g/mol. The minimum atomic E-state index is -0.543. The van der Waals surface area contributed by atoms with Crippen LogP contribution in [0, 0.1) is 5.82 Å². The molecule has 0 aromatic heterocycles. The summed E-state index contributed by atoms with van der Waals surface area (Å²) in [7, 11) is 0. The molecule has 0 fully saturated rings. The maximum absolute atomic E-state index is 13.7. The number of carbonyl (C=O) groups excluding carboxylic acids is 1. The van der Waals surface area contributed by atoms with E-state index in [2.05, 4.69) is 10.6 Å². The Morgan fingerprint density at radius 1 is 1.47 bits per heavy atom. The average Bonchev–Trinajstić information content (AvgIpc) is 2.34. The van der Waals surface area contributed by atoms with Crippen molar-refractivity contribution in [2.24, 2.45) is 0 Å². The Bertz CT molecular complexity index is 463. The van der Waals surface area contributed by atoms with E-state index in [0.29, 0.717) is 0 Å². The van der Waals surface area contributed by atoms with Gasteiger partial charge < -0.3 is 10.6 Å². The van der Waals surface area contributed by atoms with E-state index in [9.17, 15) is 9.18 Å².